The fourth-order valence-electron chi connectivity index (χ4n) is 1.86. The van der Waals surface area contributed by atoms with E-state index in [0.29, 0.717) is 26.8 Å². The van der Waals surface area contributed by atoms with Gasteiger partial charge in [0.05, 0.1) is 16.8 Å². The van der Waals surface area contributed by atoms with Crippen LogP contribution in [-0.2, 0) is 6.54 Å². The van der Waals surface area contributed by atoms with Crippen molar-refractivity contribution in [1.82, 2.24) is 4.98 Å². The number of anilines is 1. The molecule has 0 fully saturated rings. The van der Waals surface area contributed by atoms with E-state index in [1.165, 1.54) is 17.4 Å². The number of aromatic nitrogens is 1. The van der Waals surface area contributed by atoms with Crippen molar-refractivity contribution in [2.24, 2.45) is 0 Å². The van der Waals surface area contributed by atoms with Crippen LogP contribution in [0.4, 0.5) is 14.5 Å². The Balaban J connectivity index is 1.83. The van der Waals surface area contributed by atoms with Crippen LogP contribution in [0.3, 0.4) is 0 Å². The van der Waals surface area contributed by atoms with Crippen LogP contribution in [0, 0.1) is 11.6 Å². The number of hydrogen-bond acceptors (Lipinski definition) is 3. The Hall–Kier alpha value is -1.72. The van der Waals surface area contributed by atoms with Gasteiger partial charge in [0.1, 0.15) is 16.6 Å². The van der Waals surface area contributed by atoms with Crippen LogP contribution in [0.15, 0.2) is 36.4 Å². The first-order valence-corrected chi connectivity index (χ1v) is 7.05. The van der Waals surface area contributed by atoms with Gasteiger partial charge in [0, 0.05) is 22.8 Å². The number of nitrogens with one attached hydrogen (secondary N) is 1. The first kappa shape index (κ1) is 13.3. The van der Waals surface area contributed by atoms with E-state index in [9.17, 15) is 8.78 Å². The second-order valence-corrected chi connectivity index (χ2v) is 5.73. The van der Waals surface area contributed by atoms with Crippen LogP contribution in [0.25, 0.3) is 10.2 Å². The number of nitrogens with zero attached hydrogens (tertiary/aromatic N) is 1. The Morgan fingerprint density at radius 3 is 2.85 bits per heavy atom. The molecule has 20 heavy (non-hydrogen) atoms. The maximum absolute atomic E-state index is 13.6. The normalized spacial score (nSPS) is 10.9. The van der Waals surface area contributed by atoms with Gasteiger partial charge in [0.15, 0.2) is 0 Å². The van der Waals surface area contributed by atoms with Crippen LogP contribution in [0.5, 0.6) is 0 Å². The van der Waals surface area contributed by atoms with E-state index < -0.39 is 11.6 Å². The molecule has 0 aliphatic carbocycles. The summed E-state index contributed by atoms with van der Waals surface area (Å²) in [6.45, 7) is 0.431. The number of hydrogen-bond donors (Lipinski definition) is 1. The molecule has 0 aliphatic rings. The Kier molecular flexibility index (Phi) is 3.54. The standard InChI is InChI=1S/C14H9ClF2N2S/c15-8-2-1-3-10(4-8)18-7-13-19-12-6-9(16)5-11(17)14(12)20-13/h1-6,18H,7H2. The minimum atomic E-state index is -0.616. The minimum absolute atomic E-state index is 0.343. The molecule has 0 bridgehead atoms. The fourth-order valence-corrected chi connectivity index (χ4v) is 2.94. The van der Waals surface area contributed by atoms with Crippen LogP contribution in [-0.4, -0.2) is 4.98 Å². The molecule has 0 saturated carbocycles. The van der Waals surface area contributed by atoms with Gasteiger partial charge < -0.3 is 5.32 Å². The summed E-state index contributed by atoms with van der Waals surface area (Å²) in [4.78, 5) is 4.21. The molecule has 3 rings (SSSR count). The summed E-state index contributed by atoms with van der Waals surface area (Å²) in [6, 6.07) is 9.38. The number of thiazole rings is 1. The third kappa shape index (κ3) is 2.73. The number of halogens is 3. The molecule has 1 heterocycles. The molecule has 3 aromatic rings. The van der Waals surface area contributed by atoms with Crippen LogP contribution in [0.1, 0.15) is 5.01 Å². The van der Waals surface area contributed by atoms with E-state index in [1.54, 1.807) is 12.1 Å². The van der Waals surface area contributed by atoms with Crippen molar-refractivity contribution in [2.75, 3.05) is 5.32 Å². The average molecular weight is 311 g/mol. The van der Waals surface area contributed by atoms with Gasteiger partial charge in [-0.05, 0) is 18.2 Å². The highest BCUT2D eigenvalue weighted by molar-refractivity contribution is 7.18. The van der Waals surface area contributed by atoms with Gasteiger partial charge in [-0.3, -0.25) is 0 Å². The summed E-state index contributed by atoms with van der Waals surface area (Å²) in [5.74, 6) is -1.19. The number of benzene rings is 2. The van der Waals surface area contributed by atoms with Gasteiger partial charge in [-0.2, -0.15) is 0 Å². The minimum Gasteiger partial charge on any atom is -0.378 e. The molecule has 6 heteroatoms. The van der Waals surface area contributed by atoms with E-state index >= 15 is 0 Å². The van der Waals surface area contributed by atoms with Crippen molar-refractivity contribution in [2.45, 2.75) is 6.54 Å². The van der Waals surface area contributed by atoms with E-state index in [0.717, 1.165) is 11.8 Å². The molecule has 0 spiro atoms. The lowest BCUT2D eigenvalue weighted by Gasteiger charge is -2.03. The summed E-state index contributed by atoms with van der Waals surface area (Å²) in [5, 5.41) is 4.46. The third-order valence-electron chi connectivity index (χ3n) is 2.72. The van der Waals surface area contributed by atoms with Crippen molar-refractivity contribution < 1.29 is 8.78 Å². The Morgan fingerprint density at radius 2 is 2.05 bits per heavy atom. The van der Waals surface area contributed by atoms with E-state index in [2.05, 4.69) is 10.3 Å². The highest BCUT2D eigenvalue weighted by atomic mass is 35.5. The van der Waals surface area contributed by atoms with Crippen LogP contribution < -0.4 is 5.32 Å². The molecule has 1 N–H and O–H groups in total. The first-order chi connectivity index (χ1) is 9.61. The van der Waals surface area contributed by atoms with Gasteiger partial charge in [0.2, 0.25) is 0 Å². The maximum Gasteiger partial charge on any atom is 0.145 e. The van der Waals surface area contributed by atoms with E-state index in [-0.39, 0.29) is 0 Å². The SMILES string of the molecule is Fc1cc(F)c2sc(CNc3cccc(Cl)c3)nc2c1. The highest BCUT2D eigenvalue weighted by Gasteiger charge is 2.10. The first-order valence-electron chi connectivity index (χ1n) is 5.86. The lowest BCUT2D eigenvalue weighted by Crippen LogP contribution is -1.98. The van der Waals surface area contributed by atoms with E-state index in [4.69, 9.17) is 11.6 Å². The Labute approximate surface area is 123 Å². The van der Waals surface area contributed by atoms with Crippen molar-refractivity contribution in [3.8, 4) is 0 Å². The van der Waals surface area contributed by atoms with Gasteiger partial charge >= 0.3 is 0 Å². The number of fused-ring (bicyclic) bond motifs is 1. The molecular weight excluding hydrogens is 302 g/mol. The lowest BCUT2D eigenvalue weighted by atomic mass is 10.3. The van der Waals surface area contributed by atoms with Crippen molar-refractivity contribution in [3.05, 3.63) is 58.1 Å². The zero-order chi connectivity index (χ0) is 14.1. The predicted molar refractivity (Wildman–Crippen MR) is 78.3 cm³/mol. The summed E-state index contributed by atoms with van der Waals surface area (Å²) in [5.41, 5.74) is 1.19. The monoisotopic (exact) mass is 310 g/mol. The summed E-state index contributed by atoms with van der Waals surface area (Å²) in [7, 11) is 0. The Morgan fingerprint density at radius 1 is 1.20 bits per heavy atom. The summed E-state index contributed by atoms with van der Waals surface area (Å²) < 4.78 is 27.0. The summed E-state index contributed by atoms with van der Waals surface area (Å²) in [6.07, 6.45) is 0. The molecule has 0 unspecified atom stereocenters. The largest absolute Gasteiger partial charge is 0.378 e. The van der Waals surface area contributed by atoms with Crippen molar-refractivity contribution in [1.29, 1.82) is 0 Å². The topological polar surface area (TPSA) is 24.9 Å². The molecule has 0 atom stereocenters. The molecule has 0 saturated heterocycles. The van der Waals surface area contributed by atoms with Crippen molar-refractivity contribution >= 4 is 38.8 Å². The molecule has 0 amide bonds. The molecule has 0 radical (unpaired) electrons. The molecule has 2 aromatic carbocycles. The predicted octanol–water partition coefficient (Wildman–Crippen LogP) is 4.84. The summed E-state index contributed by atoms with van der Waals surface area (Å²) >= 11 is 7.09. The van der Waals surface area contributed by atoms with Crippen LogP contribution >= 0.6 is 22.9 Å². The maximum atomic E-state index is 13.6. The second kappa shape index (κ2) is 5.34. The van der Waals surface area contributed by atoms with Crippen molar-refractivity contribution in [3.63, 3.8) is 0 Å². The smallest absolute Gasteiger partial charge is 0.145 e. The quantitative estimate of drug-likeness (QED) is 0.748. The lowest BCUT2D eigenvalue weighted by molar-refractivity contribution is 0.593. The fraction of sp³-hybridized carbons (Fsp3) is 0.0714. The zero-order valence-electron chi connectivity index (χ0n) is 10.2. The second-order valence-electron chi connectivity index (χ2n) is 4.21. The molecule has 2 nitrogen and oxygen atoms in total. The van der Waals surface area contributed by atoms with Gasteiger partial charge in [-0.1, -0.05) is 17.7 Å². The highest BCUT2D eigenvalue weighted by Crippen LogP contribution is 2.26. The van der Waals surface area contributed by atoms with E-state index in [1.807, 2.05) is 12.1 Å². The number of rotatable bonds is 3. The molecule has 1 aromatic heterocycles. The van der Waals surface area contributed by atoms with Gasteiger partial charge in [0.25, 0.3) is 0 Å². The zero-order valence-corrected chi connectivity index (χ0v) is 11.7. The molecular formula is C14H9ClF2N2S. The third-order valence-corrected chi connectivity index (χ3v) is 4.04. The van der Waals surface area contributed by atoms with Crippen LogP contribution in [0.2, 0.25) is 5.02 Å². The molecule has 102 valence electrons. The Bertz CT molecular complexity index is 773. The van der Waals surface area contributed by atoms with Gasteiger partial charge in [-0.25, -0.2) is 13.8 Å². The molecule has 0 aliphatic heterocycles. The average Bonchev–Trinajstić information content (AvgIpc) is 2.80. The van der Waals surface area contributed by atoms with Gasteiger partial charge in [-0.15, -0.1) is 11.3 Å².